The zero-order valence-electron chi connectivity index (χ0n) is 21.8. The van der Waals surface area contributed by atoms with Gasteiger partial charge in [0.05, 0.1) is 12.7 Å². The zero-order valence-corrected chi connectivity index (χ0v) is 21.8. The fraction of sp³-hybridized carbons (Fsp3) is 0.222. The predicted molar refractivity (Wildman–Crippen MR) is 149 cm³/mol. The highest BCUT2D eigenvalue weighted by Gasteiger charge is 2.19. The molecule has 0 unspecified atom stereocenters. The first-order valence-electron chi connectivity index (χ1n) is 11.9. The highest BCUT2D eigenvalue weighted by molar-refractivity contribution is 5.96. The van der Waals surface area contributed by atoms with Crippen molar-refractivity contribution in [2.75, 3.05) is 12.8 Å². The smallest absolute Gasteiger partial charge is 0.354 e. The number of carboxylic acids is 1. The monoisotopic (exact) mass is 562 g/mol. The number of oxazole rings is 1. The lowest BCUT2D eigenvalue weighted by molar-refractivity contribution is 0.0599. The van der Waals surface area contributed by atoms with E-state index in [9.17, 15) is 19.5 Å². The van der Waals surface area contributed by atoms with Crippen LogP contribution in [0.4, 0.5) is 5.82 Å². The minimum absolute atomic E-state index is 0. The van der Waals surface area contributed by atoms with Crippen LogP contribution < -0.4 is 16.8 Å². The number of fused-ring (bicyclic) bond motifs is 2. The number of carbonyl (C=O) groups is 3. The number of anilines is 1. The molecule has 0 saturated carbocycles. The maximum absolute atomic E-state index is 12.4. The summed E-state index contributed by atoms with van der Waals surface area (Å²) in [5.74, 6) is -1.68. The number of rotatable bonds is 6. The lowest BCUT2D eigenvalue weighted by atomic mass is 10.1. The van der Waals surface area contributed by atoms with Crippen LogP contribution >= 0.6 is 0 Å². The van der Waals surface area contributed by atoms with Crippen molar-refractivity contribution in [3.63, 3.8) is 0 Å². The minimum Gasteiger partial charge on any atom is -0.477 e. The van der Waals surface area contributed by atoms with Crippen molar-refractivity contribution in [1.29, 1.82) is 0 Å². The van der Waals surface area contributed by atoms with E-state index in [2.05, 4.69) is 30.3 Å². The van der Waals surface area contributed by atoms with Gasteiger partial charge < -0.3 is 31.0 Å². The summed E-state index contributed by atoms with van der Waals surface area (Å²) in [5.41, 5.74) is 14.6. The van der Waals surface area contributed by atoms with Gasteiger partial charge in [-0.05, 0) is 42.3 Å². The molecule has 214 valence electrons. The Bertz CT molecular complexity index is 1710. The molecule has 3 heterocycles. The number of aryl methyl sites for hydroxylation is 1. The quantitative estimate of drug-likeness (QED) is 0.220. The number of amides is 1. The van der Waals surface area contributed by atoms with Gasteiger partial charge in [-0.1, -0.05) is 30.8 Å². The topological polar surface area (TPSA) is 214 Å². The molecule has 14 heteroatoms. The first-order valence-corrected chi connectivity index (χ1v) is 11.9. The van der Waals surface area contributed by atoms with Crippen LogP contribution in [0.5, 0.6) is 0 Å². The molecule has 0 saturated heterocycles. The second-order valence-corrected chi connectivity index (χ2v) is 8.66. The number of hydrogen-bond acceptors (Lipinski definition) is 11. The summed E-state index contributed by atoms with van der Waals surface area (Å²) in [6.07, 6.45) is 0. The summed E-state index contributed by atoms with van der Waals surface area (Å²) in [5, 5.41) is 19.2. The third-order valence-corrected chi connectivity index (χ3v) is 5.72. The fourth-order valence-electron chi connectivity index (χ4n) is 3.67. The summed E-state index contributed by atoms with van der Waals surface area (Å²) < 4.78 is 10.9. The van der Waals surface area contributed by atoms with Crippen molar-refractivity contribution in [1.82, 2.24) is 30.1 Å². The van der Waals surface area contributed by atoms with Gasteiger partial charge in [0.1, 0.15) is 11.2 Å². The van der Waals surface area contributed by atoms with Gasteiger partial charge in [0.25, 0.3) is 5.91 Å². The van der Waals surface area contributed by atoms with Gasteiger partial charge >= 0.3 is 11.9 Å². The number of aromatic nitrogens is 5. The van der Waals surface area contributed by atoms with Crippen molar-refractivity contribution in [3.8, 4) is 0 Å². The molecule has 0 fully saturated rings. The number of nitrogen functional groups attached to an aromatic ring is 1. The molecule has 3 aromatic heterocycles. The molecule has 0 aliphatic rings. The molecule has 5 aromatic rings. The largest absolute Gasteiger partial charge is 0.477 e. The van der Waals surface area contributed by atoms with E-state index in [-0.39, 0.29) is 48.8 Å². The zero-order chi connectivity index (χ0) is 29.0. The Morgan fingerprint density at radius 3 is 2.46 bits per heavy atom. The van der Waals surface area contributed by atoms with E-state index in [0.717, 1.165) is 21.7 Å². The molecule has 0 radical (unpaired) electrons. The van der Waals surface area contributed by atoms with Crippen molar-refractivity contribution in [2.45, 2.75) is 33.9 Å². The summed E-state index contributed by atoms with van der Waals surface area (Å²) in [6.45, 7) is 3.84. The van der Waals surface area contributed by atoms with Crippen molar-refractivity contribution < 1.29 is 28.6 Å². The van der Waals surface area contributed by atoms with Crippen molar-refractivity contribution in [3.05, 3.63) is 82.5 Å². The third-order valence-electron chi connectivity index (χ3n) is 5.72. The van der Waals surface area contributed by atoms with Gasteiger partial charge in [-0.3, -0.25) is 4.79 Å². The molecular weight excluding hydrogens is 532 g/mol. The molecule has 6 N–H and O–H groups in total. The van der Waals surface area contributed by atoms with Crippen LogP contribution in [-0.4, -0.2) is 54.9 Å². The second-order valence-electron chi connectivity index (χ2n) is 8.66. The van der Waals surface area contributed by atoms with Crippen LogP contribution in [0.25, 0.3) is 16.7 Å². The highest BCUT2D eigenvalue weighted by Crippen LogP contribution is 2.17. The number of benzene rings is 2. The second kappa shape index (κ2) is 12.7. The number of nitrogens with one attached hydrogen (secondary N) is 1. The SMILES string of the molecule is C.COC(=O)c1ccc([C@@H](C)N)cc1.Cc1nc2cc(CNC(=O)c3cc(C(=O)O)n4nnc(N)c4n3)ccc2o1. The van der Waals surface area contributed by atoms with E-state index in [1.165, 1.54) is 7.11 Å². The Balaban J connectivity index is 0.000000280. The number of ether oxygens (including phenoxy) is 1. The van der Waals surface area contributed by atoms with E-state index in [1.807, 2.05) is 19.1 Å². The molecule has 0 aliphatic carbocycles. The number of esters is 1. The van der Waals surface area contributed by atoms with Crippen LogP contribution in [0.1, 0.15) is 68.7 Å². The van der Waals surface area contributed by atoms with Crippen LogP contribution in [0, 0.1) is 6.92 Å². The van der Waals surface area contributed by atoms with Crippen molar-refractivity contribution in [2.24, 2.45) is 5.73 Å². The van der Waals surface area contributed by atoms with Crippen LogP contribution in [0.3, 0.4) is 0 Å². The molecule has 1 amide bonds. The van der Waals surface area contributed by atoms with Gasteiger partial charge in [0, 0.05) is 25.6 Å². The number of nitrogens with two attached hydrogens (primary N) is 2. The Labute approximate surface area is 234 Å². The molecule has 0 aliphatic heterocycles. The predicted octanol–water partition coefficient (Wildman–Crippen LogP) is 2.91. The van der Waals surface area contributed by atoms with Gasteiger partial charge in [-0.2, -0.15) is 4.52 Å². The van der Waals surface area contributed by atoms with Gasteiger partial charge in [0.15, 0.2) is 23.0 Å². The maximum Gasteiger partial charge on any atom is 0.354 e. The number of aromatic carboxylic acids is 1. The number of carbonyl (C=O) groups excluding carboxylic acids is 2. The van der Waals surface area contributed by atoms with Gasteiger partial charge in [-0.25, -0.2) is 19.6 Å². The number of carboxylic acid groups (broad SMARTS) is 1. The Morgan fingerprint density at radius 1 is 1.12 bits per heavy atom. The number of hydrogen-bond donors (Lipinski definition) is 4. The molecule has 41 heavy (non-hydrogen) atoms. The Hall–Kier alpha value is -5.37. The first kappa shape index (κ1) is 30.2. The average molecular weight is 563 g/mol. The fourth-order valence-corrected chi connectivity index (χ4v) is 3.67. The van der Waals surface area contributed by atoms with E-state index < -0.39 is 11.9 Å². The van der Waals surface area contributed by atoms with Gasteiger partial charge in [0.2, 0.25) is 5.65 Å². The minimum atomic E-state index is -1.28. The number of methoxy groups -OCH3 is 1. The first-order chi connectivity index (χ1) is 19.1. The average Bonchev–Trinajstić information content (AvgIpc) is 3.51. The summed E-state index contributed by atoms with van der Waals surface area (Å²) in [7, 11) is 1.36. The Kier molecular flexibility index (Phi) is 9.31. The molecular formula is C27H30N8O6. The molecule has 2 aromatic carbocycles. The normalized spacial score (nSPS) is 11.2. The molecule has 5 rings (SSSR count). The van der Waals surface area contributed by atoms with Gasteiger partial charge in [-0.15, -0.1) is 5.10 Å². The van der Waals surface area contributed by atoms with Crippen LogP contribution in [0.2, 0.25) is 0 Å². The standard InChI is InChI=1S/C16H13N7O4.C10H13NO2.CH4/c1-7-19-9-4-8(2-3-12(9)27-7)6-18-15(24)10-5-11(16(25)26)23-14(20-10)13(17)21-22-23;1-7(11)8-3-5-9(6-4-8)10(12)13-2;/h2-5H,6,17H2,1H3,(H,18,24)(H,25,26);3-7H,11H2,1-2H3;1H4/t;7-;/m.1./s1. The lowest BCUT2D eigenvalue weighted by Crippen LogP contribution is -2.25. The summed E-state index contributed by atoms with van der Waals surface area (Å²) in [6, 6.07) is 13.6. The summed E-state index contributed by atoms with van der Waals surface area (Å²) in [4.78, 5) is 43.2. The Morgan fingerprint density at radius 2 is 1.83 bits per heavy atom. The molecule has 14 nitrogen and oxygen atoms in total. The number of nitrogens with zero attached hydrogens (tertiary/aromatic N) is 5. The third kappa shape index (κ3) is 6.80. The van der Waals surface area contributed by atoms with Crippen LogP contribution in [0.15, 0.2) is 52.9 Å². The lowest BCUT2D eigenvalue weighted by Gasteiger charge is -2.06. The van der Waals surface area contributed by atoms with E-state index >= 15 is 0 Å². The maximum atomic E-state index is 12.4. The van der Waals surface area contributed by atoms with E-state index in [0.29, 0.717) is 22.6 Å². The molecule has 0 bridgehead atoms. The molecule has 0 spiro atoms. The highest BCUT2D eigenvalue weighted by atomic mass is 16.5. The summed E-state index contributed by atoms with van der Waals surface area (Å²) >= 11 is 0. The van der Waals surface area contributed by atoms with E-state index in [1.54, 1.807) is 37.3 Å². The molecule has 1 atom stereocenters. The van der Waals surface area contributed by atoms with E-state index in [4.69, 9.17) is 15.9 Å². The van der Waals surface area contributed by atoms with Crippen LogP contribution in [-0.2, 0) is 11.3 Å². The van der Waals surface area contributed by atoms with Crippen molar-refractivity contribution >= 4 is 40.4 Å².